The second-order valence-electron chi connectivity index (χ2n) is 2.95. The third kappa shape index (κ3) is 5.13. The van der Waals surface area contributed by atoms with Gasteiger partial charge in [0.15, 0.2) is 0 Å². The van der Waals surface area contributed by atoms with Crippen LogP contribution >= 0.6 is 11.6 Å². The molecular formula is C13H10ClOSe. The van der Waals surface area contributed by atoms with E-state index in [1.807, 2.05) is 48.5 Å². The molecule has 0 amide bonds. The van der Waals surface area contributed by atoms with Crippen LogP contribution in [0.15, 0.2) is 60.7 Å². The van der Waals surface area contributed by atoms with Crippen molar-refractivity contribution in [3.05, 3.63) is 71.2 Å². The number of carbonyl (C=O) groups excluding carboxylic acids is 1. The monoisotopic (exact) mass is 297 g/mol. The summed E-state index contributed by atoms with van der Waals surface area (Å²) in [7, 11) is 0. The van der Waals surface area contributed by atoms with Gasteiger partial charge in [-0.3, -0.25) is 0 Å². The van der Waals surface area contributed by atoms with Crippen molar-refractivity contribution in [3.8, 4) is 0 Å². The van der Waals surface area contributed by atoms with E-state index in [0.29, 0.717) is 0 Å². The average Bonchev–Trinajstić information content (AvgIpc) is 2.32. The molecule has 0 unspecified atom stereocenters. The molecule has 0 bridgehead atoms. The van der Waals surface area contributed by atoms with Crippen molar-refractivity contribution < 1.29 is 4.79 Å². The van der Waals surface area contributed by atoms with Gasteiger partial charge in [-0.1, -0.05) is 29.8 Å². The Balaban J connectivity index is 0.000000165. The van der Waals surface area contributed by atoms with Gasteiger partial charge in [-0.2, -0.15) is 0 Å². The minimum atomic E-state index is -0.00407. The Morgan fingerprint density at radius 2 is 1.31 bits per heavy atom. The Morgan fingerprint density at radius 1 is 0.875 bits per heavy atom. The van der Waals surface area contributed by atoms with Crippen LogP contribution in [0.25, 0.3) is 0 Å². The molecule has 2 aromatic carbocycles. The van der Waals surface area contributed by atoms with E-state index >= 15 is 0 Å². The summed E-state index contributed by atoms with van der Waals surface area (Å²) in [6, 6.07) is 18.6. The molecule has 0 saturated heterocycles. The van der Waals surface area contributed by atoms with E-state index in [2.05, 4.69) is 16.0 Å². The summed E-state index contributed by atoms with van der Waals surface area (Å²) in [6.45, 7) is 0. The summed E-state index contributed by atoms with van der Waals surface area (Å²) in [6.07, 6.45) is 0. The fourth-order valence-electron chi connectivity index (χ4n) is 0.989. The van der Waals surface area contributed by atoms with Crippen LogP contribution < -0.4 is 0 Å². The van der Waals surface area contributed by atoms with Crippen LogP contribution in [0, 0.1) is 0 Å². The summed E-state index contributed by atoms with van der Waals surface area (Å²) in [5.74, 6) is 0. The molecule has 2 aromatic rings. The SMILES string of the molecule is Clc1ccccc1.O=C([Se])c1ccccc1. The molecule has 0 spiro atoms. The minimum absolute atomic E-state index is 0.00407. The zero-order valence-corrected chi connectivity index (χ0v) is 10.9. The van der Waals surface area contributed by atoms with E-state index in [1.54, 1.807) is 12.1 Å². The topological polar surface area (TPSA) is 17.1 Å². The van der Waals surface area contributed by atoms with E-state index in [1.165, 1.54) is 0 Å². The first kappa shape index (κ1) is 13.0. The van der Waals surface area contributed by atoms with Crippen molar-refractivity contribution in [2.75, 3.05) is 0 Å². The molecule has 0 aromatic heterocycles. The number of halogens is 1. The van der Waals surface area contributed by atoms with E-state index in [0.717, 1.165) is 10.6 Å². The van der Waals surface area contributed by atoms with Crippen molar-refractivity contribution in [2.24, 2.45) is 0 Å². The summed E-state index contributed by atoms with van der Waals surface area (Å²) < 4.78 is -0.00407. The molecule has 0 fully saturated rings. The van der Waals surface area contributed by atoms with Gasteiger partial charge in [0.1, 0.15) is 0 Å². The number of rotatable bonds is 1. The molecule has 16 heavy (non-hydrogen) atoms. The van der Waals surface area contributed by atoms with Crippen LogP contribution in [-0.2, 0) is 0 Å². The maximum atomic E-state index is 10.6. The zero-order valence-electron chi connectivity index (χ0n) is 8.47. The van der Waals surface area contributed by atoms with Crippen LogP contribution in [0.4, 0.5) is 0 Å². The van der Waals surface area contributed by atoms with Gasteiger partial charge in [0.25, 0.3) is 0 Å². The van der Waals surface area contributed by atoms with E-state index < -0.39 is 0 Å². The normalized spacial score (nSPS) is 8.81. The van der Waals surface area contributed by atoms with Gasteiger partial charge in [0.05, 0.1) is 0 Å². The molecule has 3 heteroatoms. The van der Waals surface area contributed by atoms with Crippen LogP contribution in [-0.4, -0.2) is 20.7 Å². The van der Waals surface area contributed by atoms with Gasteiger partial charge in [-0.25, -0.2) is 0 Å². The third-order valence-corrected chi connectivity index (χ3v) is 2.49. The van der Waals surface area contributed by atoms with Gasteiger partial charge < -0.3 is 0 Å². The molecule has 1 radical (unpaired) electrons. The van der Waals surface area contributed by atoms with Crippen LogP contribution in [0.5, 0.6) is 0 Å². The Kier molecular flexibility index (Phi) is 5.87. The second-order valence-corrected chi connectivity index (χ2v) is 4.16. The first-order valence-electron chi connectivity index (χ1n) is 4.67. The van der Waals surface area contributed by atoms with E-state index in [-0.39, 0.29) is 4.68 Å². The molecule has 81 valence electrons. The van der Waals surface area contributed by atoms with Crippen LogP contribution in [0.1, 0.15) is 10.4 Å². The maximum absolute atomic E-state index is 10.6. The van der Waals surface area contributed by atoms with Crippen LogP contribution in [0.3, 0.4) is 0 Å². The number of benzene rings is 2. The van der Waals surface area contributed by atoms with Gasteiger partial charge in [-0.15, -0.1) is 0 Å². The molecule has 2 rings (SSSR count). The Labute approximate surface area is 108 Å². The van der Waals surface area contributed by atoms with Gasteiger partial charge in [0, 0.05) is 5.02 Å². The number of hydrogen-bond donors (Lipinski definition) is 0. The molecule has 0 aliphatic carbocycles. The number of hydrogen-bond acceptors (Lipinski definition) is 1. The Bertz CT molecular complexity index is 428. The third-order valence-electron chi connectivity index (χ3n) is 1.74. The molecule has 0 N–H and O–H groups in total. The summed E-state index contributed by atoms with van der Waals surface area (Å²) in [4.78, 5) is 10.6. The quantitative estimate of drug-likeness (QED) is 0.738. The molecule has 0 saturated carbocycles. The average molecular weight is 297 g/mol. The van der Waals surface area contributed by atoms with Crippen molar-refractivity contribution in [1.29, 1.82) is 0 Å². The zero-order chi connectivity index (χ0) is 11.8. The standard InChI is InChI=1S/C7H5OSe.C6H5Cl/c8-7(9)6-4-2-1-3-5-6;7-6-4-2-1-3-5-6/h1-5H;1-5H. The Hall–Kier alpha value is -1.08. The summed E-state index contributed by atoms with van der Waals surface area (Å²) in [5.41, 5.74) is 0.720. The van der Waals surface area contributed by atoms with Gasteiger partial charge in [-0.05, 0) is 12.1 Å². The predicted octanol–water partition coefficient (Wildman–Crippen LogP) is 3.34. The van der Waals surface area contributed by atoms with Gasteiger partial charge in [0.2, 0.25) is 0 Å². The molecular weight excluding hydrogens is 287 g/mol. The number of carbonyl (C=O) groups is 1. The first-order chi connectivity index (χ1) is 7.70. The second kappa shape index (κ2) is 7.24. The predicted molar refractivity (Wildman–Crippen MR) is 68.0 cm³/mol. The Morgan fingerprint density at radius 3 is 1.56 bits per heavy atom. The first-order valence-corrected chi connectivity index (χ1v) is 5.90. The molecule has 0 aliphatic heterocycles. The fourth-order valence-corrected chi connectivity index (χ4v) is 1.42. The van der Waals surface area contributed by atoms with Crippen molar-refractivity contribution >= 4 is 32.3 Å². The molecule has 1 nitrogen and oxygen atoms in total. The van der Waals surface area contributed by atoms with Crippen molar-refractivity contribution in [3.63, 3.8) is 0 Å². The van der Waals surface area contributed by atoms with E-state index in [9.17, 15) is 4.79 Å². The van der Waals surface area contributed by atoms with Crippen LogP contribution in [0.2, 0.25) is 5.02 Å². The van der Waals surface area contributed by atoms with E-state index in [4.69, 9.17) is 11.6 Å². The molecule has 0 aliphatic rings. The van der Waals surface area contributed by atoms with Crippen molar-refractivity contribution in [2.45, 2.75) is 0 Å². The summed E-state index contributed by atoms with van der Waals surface area (Å²) >= 11 is 7.96. The summed E-state index contributed by atoms with van der Waals surface area (Å²) in [5, 5.41) is 0.794. The molecule has 0 heterocycles. The molecule has 0 atom stereocenters. The fraction of sp³-hybridized carbons (Fsp3) is 0. The van der Waals surface area contributed by atoms with Gasteiger partial charge >= 0.3 is 61.4 Å². The van der Waals surface area contributed by atoms with Crippen molar-refractivity contribution in [1.82, 2.24) is 0 Å².